The minimum absolute atomic E-state index is 0.886. The van der Waals surface area contributed by atoms with Crippen LogP contribution in [0.2, 0.25) is 0 Å². The molecule has 0 spiro atoms. The summed E-state index contributed by atoms with van der Waals surface area (Å²) in [4.78, 5) is 1.61. The van der Waals surface area contributed by atoms with Crippen LogP contribution in [0.1, 0.15) is 13.8 Å². The van der Waals surface area contributed by atoms with Crippen LogP contribution < -0.4 is 4.90 Å². The molecule has 0 bridgehead atoms. The number of methoxy groups -OCH3 is 1. The molecule has 0 aromatic carbocycles. The second-order valence-electron chi connectivity index (χ2n) is 4.82. The van der Waals surface area contributed by atoms with E-state index in [9.17, 15) is 52.5 Å². The summed E-state index contributed by atoms with van der Waals surface area (Å²) in [5.41, 5.74) is 0. The first-order valence-corrected chi connectivity index (χ1v) is 8.24. The van der Waals surface area contributed by atoms with E-state index in [4.69, 9.17) is 4.74 Å². The second-order valence-corrected chi connectivity index (χ2v) is 6.24. The number of ether oxygens (including phenoxy) is 1. The van der Waals surface area contributed by atoms with E-state index >= 15 is 0 Å². The van der Waals surface area contributed by atoms with Crippen LogP contribution in [-0.2, 0) is 14.9 Å². The summed E-state index contributed by atoms with van der Waals surface area (Å²) in [5.74, 6) is -14.8. The maximum atomic E-state index is 12.2. The molecule has 1 N–H and O–H groups in total. The molecule has 0 rings (SSSR count). The van der Waals surface area contributed by atoms with Crippen molar-refractivity contribution in [2.45, 2.75) is 37.1 Å². The van der Waals surface area contributed by atoms with E-state index < -0.39 is 33.4 Å². The van der Waals surface area contributed by atoms with Crippen LogP contribution in [0.5, 0.6) is 0 Å². The molecule has 0 aromatic rings. The van der Waals surface area contributed by atoms with Crippen molar-refractivity contribution < 1.29 is 62.1 Å². The zero-order chi connectivity index (χ0) is 21.6. The molecule has 26 heavy (non-hydrogen) atoms. The van der Waals surface area contributed by atoms with Gasteiger partial charge in [0, 0.05) is 7.11 Å². The van der Waals surface area contributed by atoms with Crippen molar-refractivity contribution in [1.82, 2.24) is 0 Å². The number of hydrogen-bond donors (Lipinski definition) is 1. The number of alkyl halides is 9. The predicted molar refractivity (Wildman–Crippen MR) is 69.4 cm³/mol. The van der Waals surface area contributed by atoms with Gasteiger partial charge in [0.1, 0.15) is 6.54 Å². The first-order valence-electron chi connectivity index (χ1n) is 6.83. The van der Waals surface area contributed by atoms with Gasteiger partial charge in [-0.3, -0.25) is 0 Å². The van der Waals surface area contributed by atoms with E-state index in [1.807, 2.05) is 0 Å². The largest absolute Gasteiger partial charge is 0.743 e. The van der Waals surface area contributed by atoms with Gasteiger partial charge in [-0.1, -0.05) is 0 Å². The van der Waals surface area contributed by atoms with E-state index in [1.165, 1.54) is 13.1 Å². The molecule has 0 radical (unpaired) electrons. The van der Waals surface area contributed by atoms with Crippen molar-refractivity contribution in [2.75, 3.05) is 33.4 Å². The minimum atomic E-state index is -7.43. The van der Waals surface area contributed by atoms with E-state index in [1.54, 1.807) is 12.0 Å². The predicted octanol–water partition coefficient (Wildman–Crippen LogP) is 1.51. The van der Waals surface area contributed by atoms with Gasteiger partial charge < -0.3 is 14.2 Å². The third-order valence-corrected chi connectivity index (χ3v) is 3.97. The molecule has 0 heterocycles. The third-order valence-electron chi connectivity index (χ3n) is 3.09. The topological polar surface area (TPSA) is 70.9 Å². The smallest absolute Gasteiger partial charge is 0.460 e. The average Bonchev–Trinajstić information content (AvgIpc) is 2.46. The Morgan fingerprint density at radius 3 is 1.50 bits per heavy atom. The molecule has 15 heteroatoms. The Bertz CT molecular complexity index is 518. The van der Waals surface area contributed by atoms with Crippen molar-refractivity contribution in [1.29, 1.82) is 0 Å². The molecule has 0 aromatic heterocycles. The highest BCUT2D eigenvalue weighted by Gasteiger charge is 2.83. The SMILES string of the molecule is CC[NH+](CC)CCOC.O=S(=O)([O-])C(F)(F)C(F)(F)C(F)(F)C(F)(F)F. The van der Waals surface area contributed by atoms with Gasteiger partial charge in [0.2, 0.25) is 0 Å². The van der Waals surface area contributed by atoms with Crippen LogP contribution in [0.4, 0.5) is 39.5 Å². The molecule has 0 fully saturated rings. The van der Waals surface area contributed by atoms with Gasteiger partial charge in [-0.05, 0) is 13.8 Å². The van der Waals surface area contributed by atoms with Gasteiger partial charge >= 0.3 is 23.3 Å². The van der Waals surface area contributed by atoms with Crippen LogP contribution in [0, 0.1) is 0 Å². The molecule has 0 saturated heterocycles. The van der Waals surface area contributed by atoms with Crippen molar-refractivity contribution >= 4 is 10.1 Å². The Morgan fingerprint density at radius 2 is 1.27 bits per heavy atom. The molecule has 0 aliphatic heterocycles. The second kappa shape index (κ2) is 9.41. The van der Waals surface area contributed by atoms with E-state index in [0.29, 0.717) is 0 Å². The van der Waals surface area contributed by atoms with Crippen molar-refractivity contribution in [2.24, 2.45) is 0 Å². The Kier molecular flexibility index (Phi) is 9.93. The van der Waals surface area contributed by atoms with Gasteiger partial charge in [0.25, 0.3) is 0 Å². The Labute approximate surface area is 143 Å². The lowest BCUT2D eigenvalue weighted by Crippen LogP contribution is -3.11. The van der Waals surface area contributed by atoms with Crippen molar-refractivity contribution in [3.05, 3.63) is 0 Å². The van der Waals surface area contributed by atoms with Crippen LogP contribution in [0.15, 0.2) is 0 Å². The van der Waals surface area contributed by atoms with Crippen LogP contribution in [0.3, 0.4) is 0 Å². The van der Waals surface area contributed by atoms with E-state index in [0.717, 1.165) is 13.2 Å². The number of halogens is 9. The molecule has 0 aliphatic carbocycles. The minimum Gasteiger partial charge on any atom is -0.743 e. The summed E-state index contributed by atoms with van der Waals surface area (Å²) in [6.45, 7) is 8.85. The maximum Gasteiger partial charge on any atom is 0.460 e. The van der Waals surface area contributed by atoms with Crippen LogP contribution >= 0.6 is 0 Å². The standard InChI is InChI=1S/C7H17NO.C4HF9O3S/c1-4-8(5-2)6-7-9-3;5-1(6,3(9,10)11)2(7,8)4(12,13)17(14,15)16/h4-7H2,1-3H3;(H,14,15,16). The number of quaternary nitrogens is 1. The molecule has 0 unspecified atom stereocenters. The lowest BCUT2D eigenvalue weighted by molar-refractivity contribution is -0.896. The number of nitrogens with one attached hydrogen (secondary N) is 1. The molecule has 0 saturated carbocycles. The summed E-state index contributed by atoms with van der Waals surface area (Å²) in [6, 6.07) is 0. The number of likely N-dealkylation sites (N-methyl/N-ethyl adjacent to an activating group) is 1. The molecule has 5 nitrogen and oxygen atoms in total. The zero-order valence-electron chi connectivity index (χ0n) is 13.8. The first-order chi connectivity index (χ1) is 11.3. The van der Waals surface area contributed by atoms with Gasteiger partial charge in [0.15, 0.2) is 10.1 Å². The molecule has 0 amide bonds. The maximum absolute atomic E-state index is 12.2. The number of hydrogen-bond acceptors (Lipinski definition) is 4. The Balaban J connectivity index is 0. The number of rotatable bonds is 8. The fourth-order valence-electron chi connectivity index (χ4n) is 1.37. The lowest BCUT2D eigenvalue weighted by Gasteiger charge is -2.34. The summed E-state index contributed by atoms with van der Waals surface area (Å²) in [6.07, 6.45) is -7.16. The quantitative estimate of drug-likeness (QED) is 0.468. The summed E-state index contributed by atoms with van der Waals surface area (Å²) < 4.78 is 140. The van der Waals surface area contributed by atoms with Crippen LogP contribution in [0.25, 0.3) is 0 Å². The highest BCUT2D eigenvalue weighted by molar-refractivity contribution is 7.86. The molecular weight excluding hydrogens is 413 g/mol. The fraction of sp³-hybridized carbons (Fsp3) is 1.00. The molecule has 0 atom stereocenters. The Morgan fingerprint density at radius 1 is 0.885 bits per heavy atom. The zero-order valence-corrected chi connectivity index (χ0v) is 14.6. The van der Waals surface area contributed by atoms with Gasteiger partial charge in [-0.15, -0.1) is 0 Å². The normalized spacial score (nSPS) is 14.2. The molecule has 0 aliphatic rings. The monoisotopic (exact) mass is 431 g/mol. The third kappa shape index (κ3) is 6.13. The molecular formula is C11H18F9NO4S. The lowest BCUT2D eigenvalue weighted by atomic mass is 10.1. The highest BCUT2D eigenvalue weighted by atomic mass is 32.2. The van der Waals surface area contributed by atoms with Crippen molar-refractivity contribution in [3.8, 4) is 0 Å². The summed E-state index contributed by atoms with van der Waals surface area (Å²) >= 11 is 0. The van der Waals surface area contributed by atoms with E-state index in [2.05, 4.69) is 13.8 Å². The van der Waals surface area contributed by atoms with Gasteiger partial charge in [-0.25, -0.2) is 8.42 Å². The average molecular weight is 431 g/mol. The van der Waals surface area contributed by atoms with Crippen LogP contribution in [-0.4, -0.2) is 69.6 Å². The van der Waals surface area contributed by atoms with E-state index in [-0.39, 0.29) is 0 Å². The Hall–Kier alpha value is -0.800. The van der Waals surface area contributed by atoms with Gasteiger partial charge in [-0.2, -0.15) is 39.5 Å². The highest BCUT2D eigenvalue weighted by Crippen LogP contribution is 2.54. The fourth-order valence-corrected chi connectivity index (χ4v) is 1.81. The van der Waals surface area contributed by atoms with Crippen molar-refractivity contribution in [3.63, 3.8) is 0 Å². The first kappa shape index (κ1) is 27.4. The summed E-state index contributed by atoms with van der Waals surface area (Å²) in [5, 5.41) is -7.11. The molecule has 160 valence electrons. The summed E-state index contributed by atoms with van der Waals surface area (Å²) in [7, 11) is -5.66. The van der Waals surface area contributed by atoms with Gasteiger partial charge in [0.05, 0.1) is 19.7 Å².